The molecule has 0 aromatic carbocycles. The van der Waals surface area contributed by atoms with Crippen LogP contribution in [0.5, 0.6) is 0 Å². The maximum Gasteiger partial charge on any atom is 0.325 e. The van der Waals surface area contributed by atoms with Gasteiger partial charge < -0.3 is 10.3 Å². The Kier molecular flexibility index (Phi) is 2.95. The van der Waals surface area contributed by atoms with Crippen LogP contribution in [0.3, 0.4) is 0 Å². The largest absolute Gasteiger partial charge is 0.325 e. The number of hydrogen-bond acceptors (Lipinski definition) is 2. The maximum absolute atomic E-state index is 11.7. The number of hydrogen-bond donors (Lipinski definition) is 2. The third-order valence-corrected chi connectivity index (χ3v) is 3.09. The maximum atomic E-state index is 11.7. The van der Waals surface area contributed by atoms with Gasteiger partial charge >= 0.3 is 5.69 Å². The molecule has 15 heavy (non-hydrogen) atoms. The first kappa shape index (κ1) is 10.5. The van der Waals surface area contributed by atoms with Crippen molar-refractivity contribution in [1.29, 1.82) is 0 Å². The zero-order chi connectivity index (χ0) is 10.8. The summed E-state index contributed by atoms with van der Waals surface area (Å²) in [4.78, 5) is 14.7. The lowest BCUT2D eigenvalue weighted by Gasteiger charge is -2.22. The van der Waals surface area contributed by atoms with Crippen LogP contribution in [0.2, 0.25) is 0 Å². The normalized spacial score (nSPS) is 18.6. The van der Waals surface area contributed by atoms with Gasteiger partial charge in [-0.1, -0.05) is 13.8 Å². The number of nitrogens with zero attached hydrogens (tertiary/aromatic N) is 1. The third kappa shape index (κ3) is 2.15. The van der Waals surface area contributed by atoms with Gasteiger partial charge in [0.25, 0.3) is 0 Å². The first-order valence-corrected chi connectivity index (χ1v) is 5.70. The standard InChI is InChI=1S/C11H19N3O/c1-8(2)10-7-14(11(15)13-10)9-3-5-12-6-4-9/h7-9,12H,3-6H2,1-2H3,(H,13,15). The summed E-state index contributed by atoms with van der Waals surface area (Å²) in [5, 5.41) is 3.31. The predicted octanol–water partition coefficient (Wildman–Crippen LogP) is 1.22. The Balaban J connectivity index is 2.23. The number of aromatic amines is 1. The molecule has 2 N–H and O–H groups in total. The van der Waals surface area contributed by atoms with E-state index in [-0.39, 0.29) is 5.69 Å². The minimum atomic E-state index is 0.0469. The Morgan fingerprint density at radius 1 is 1.40 bits per heavy atom. The summed E-state index contributed by atoms with van der Waals surface area (Å²) in [6, 6.07) is 0.377. The van der Waals surface area contributed by atoms with E-state index >= 15 is 0 Å². The quantitative estimate of drug-likeness (QED) is 0.769. The molecule has 4 heteroatoms. The molecular formula is C11H19N3O. The summed E-state index contributed by atoms with van der Waals surface area (Å²) in [6.07, 6.45) is 4.09. The lowest BCUT2D eigenvalue weighted by atomic mass is 10.1. The molecule has 0 bridgehead atoms. The van der Waals surface area contributed by atoms with Crippen LogP contribution in [0.15, 0.2) is 11.0 Å². The van der Waals surface area contributed by atoms with E-state index in [9.17, 15) is 4.79 Å². The van der Waals surface area contributed by atoms with E-state index in [1.54, 1.807) is 0 Å². The fraction of sp³-hybridized carbons (Fsp3) is 0.727. The average Bonchev–Trinajstić information content (AvgIpc) is 2.62. The van der Waals surface area contributed by atoms with Crippen LogP contribution in [0, 0.1) is 0 Å². The Morgan fingerprint density at radius 3 is 2.60 bits per heavy atom. The van der Waals surface area contributed by atoms with Gasteiger partial charge in [0.15, 0.2) is 0 Å². The molecule has 1 aromatic heterocycles. The molecule has 1 aliphatic heterocycles. The first-order valence-electron chi connectivity index (χ1n) is 5.70. The highest BCUT2D eigenvalue weighted by molar-refractivity contribution is 5.03. The molecule has 1 aromatic rings. The number of nitrogens with one attached hydrogen (secondary N) is 2. The van der Waals surface area contributed by atoms with E-state index in [0.29, 0.717) is 12.0 Å². The van der Waals surface area contributed by atoms with E-state index < -0.39 is 0 Å². The Labute approximate surface area is 89.7 Å². The van der Waals surface area contributed by atoms with Crippen molar-refractivity contribution in [3.63, 3.8) is 0 Å². The van der Waals surface area contributed by atoms with Gasteiger partial charge in [-0.3, -0.25) is 4.57 Å². The number of piperidine rings is 1. The SMILES string of the molecule is CC(C)c1cn(C2CCNCC2)c(=O)[nH]1. The molecule has 0 atom stereocenters. The monoisotopic (exact) mass is 209 g/mol. The summed E-state index contributed by atoms with van der Waals surface area (Å²) in [5.74, 6) is 0.390. The molecule has 0 unspecified atom stereocenters. The van der Waals surface area contributed by atoms with Gasteiger partial charge in [-0.2, -0.15) is 0 Å². The van der Waals surface area contributed by atoms with Crippen molar-refractivity contribution in [2.24, 2.45) is 0 Å². The van der Waals surface area contributed by atoms with E-state index in [4.69, 9.17) is 0 Å². The minimum Gasteiger partial charge on any atom is -0.317 e. The van der Waals surface area contributed by atoms with Crippen LogP contribution < -0.4 is 11.0 Å². The fourth-order valence-corrected chi connectivity index (χ4v) is 2.08. The van der Waals surface area contributed by atoms with E-state index in [2.05, 4.69) is 24.1 Å². The summed E-state index contributed by atoms with van der Waals surface area (Å²) in [5.41, 5.74) is 1.09. The van der Waals surface area contributed by atoms with Crippen molar-refractivity contribution in [3.05, 3.63) is 22.4 Å². The highest BCUT2D eigenvalue weighted by Gasteiger charge is 2.17. The zero-order valence-electron chi connectivity index (χ0n) is 9.42. The Hall–Kier alpha value is -1.03. The van der Waals surface area contributed by atoms with E-state index in [1.807, 2.05) is 10.8 Å². The van der Waals surface area contributed by atoms with Crippen LogP contribution >= 0.6 is 0 Å². The van der Waals surface area contributed by atoms with Crippen molar-refractivity contribution in [1.82, 2.24) is 14.9 Å². The van der Waals surface area contributed by atoms with Crippen LogP contribution in [0.25, 0.3) is 0 Å². The number of rotatable bonds is 2. The van der Waals surface area contributed by atoms with Gasteiger partial charge in [0, 0.05) is 17.9 Å². The van der Waals surface area contributed by atoms with Crippen molar-refractivity contribution in [3.8, 4) is 0 Å². The highest BCUT2D eigenvalue weighted by atomic mass is 16.1. The van der Waals surface area contributed by atoms with Gasteiger partial charge in [0.05, 0.1) is 0 Å². The molecular weight excluding hydrogens is 190 g/mol. The molecule has 4 nitrogen and oxygen atoms in total. The van der Waals surface area contributed by atoms with Crippen molar-refractivity contribution < 1.29 is 0 Å². The second-order valence-corrected chi connectivity index (χ2v) is 4.56. The fourth-order valence-electron chi connectivity index (χ4n) is 2.08. The van der Waals surface area contributed by atoms with Crippen LogP contribution in [-0.4, -0.2) is 22.6 Å². The molecule has 0 radical (unpaired) electrons. The average molecular weight is 209 g/mol. The molecule has 0 spiro atoms. The predicted molar refractivity (Wildman–Crippen MR) is 60.3 cm³/mol. The molecule has 0 aliphatic carbocycles. The molecule has 0 saturated carbocycles. The van der Waals surface area contributed by atoms with Gasteiger partial charge in [0.1, 0.15) is 0 Å². The second kappa shape index (κ2) is 4.23. The van der Waals surface area contributed by atoms with Crippen LogP contribution in [0.4, 0.5) is 0 Å². The minimum absolute atomic E-state index is 0.0469. The molecule has 84 valence electrons. The van der Waals surface area contributed by atoms with Crippen molar-refractivity contribution >= 4 is 0 Å². The van der Waals surface area contributed by atoms with E-state index in [1.165, 1.54) is 0 Å². The molecule has 1 fully saturated rings. The first-order chi connectivity index (χ1) is 7.18. The van der Waals surface area contributed by atoms with Crippen molar-refractivity contribution in [2.45, 2.75) is 38.6 Å². The van der Waals surface area contributed by atoms with Gasteiger partial charge in [-0.05, 0) is 31.8 Å². The topological polar surface area (TPSA) is 49.8 Å². The van der Waals surface area contributed by atoms with Gasteiger partial charge in [-0.25, -0.2) is 4.79 Å². The highest BCUT2D eigenvalue weighted by Crippen LogP contribution is 2.18. The summed E-state index contributed by atoms with van der Waals surface area (Å²) >= 11 is 0. The van der Waals surface area contributed by atoms with E-state index in [0.717, 1.165) is 31.6 Å². The third-order valence-electron chi connectivity index (χ3n) is 3.09. The number of imidazole rings is 1. The molecule has 1 saturated heterocycles. The number of aromatic nitrogens is 2. The summed E-state index contributed by atoms with van der Waals surface area (Å²) in [6.45, 7) is 6.22. The second-order valence-electron chi connectivity index (χ2n) is 4.56. The van der Waals surface area contributed by atoms with Crippen LogP contribution in [-0.2, 0) is 0 Å². The molecule has 0 amide bonds. The van der Waals surface area contributed by atoms with Crippen LogP contribution in [0.1, 0.15) is 44.3 Å². The number of H-pyrrole nitrogens is 1. The molecule has 1 aliphatic rings. The molecule has 2 rings (SSSR count). The summed E-state index contributed by atoms with van der Waals surface area (Å²) < 4.78 is 1.87. The molecule has 2 heterocycles. The Morgan fingerprint density at radius 2 is 2.07 bits per heavy atom. The van der Waals surface area contributed by atoms with Gasteiger partial charge in [-0.15, -0.1) is 0 Å². The zero-order valence-corrected chi connectivity index (χ0v) is 9.42. The van der Waals surface area contributed by atoms with Crippen molar-refractivity contribution in [2.75, 3.05) is 13.1 Å². The smallest absolute Gasteiger partial charge is 0.317 e. The lowest BCUT2D eigenvalue weighted by molar-refractivity contribution is 0.361. The van der Waals surface area contributed by atoms with Gasteiger partial charge in [0.2, 0.25) is 0 Å². The lowest BCUT2D eigenvalue weighted by Crippen LogP contribution is -2.32. The summed E-state index contributed by atoms with van der Waals surface area (Å²) in [7, 11) is 0. The Bertz CT molecular complexity index is 371.